The van der Waals surface area contributed by atoms with Gasteiger partial charge in [0.1, 0.15) is 0 Å². The average Bonchev–Trinajstić information content (AvgIpc) is 1.97. The van der Waals surface area contributed by atoms with Crippen LogP contribution in [0.2, 0.25) is 0 Å². The minimum atomic E-state index is -0.505. The molecule has 0 fully saturated rings. The number of nitrogens with zero attached hydrogens (tertiary/aromatic N) is 2. The molecule has 0 aliphatic rings. The van der Waals surface area contributed by atoms with Crippen molar-refractivity contribution in [3.63, 3.8) is 0 Å². The molecular formula is C6H9N3O2. The van der Waals surface area contributed by atoms with Crippen molar-refractivity contribution in [2.45, 2.75) is 6.92 Å². The summed E-state index contributed by atoms with van der Waals surface area (Å²) in [5.74, 6) is 5.30. The second-order valence-electron chi connectivity index (χ2n) is 2.34. The summed E-state index contributed by atoms with van der Waals surface area (Å²) >= 11 is 0. The molecule has 0 spiro atoms. The number of hydrogen-bond donors (Lipinski definition) is 1. The fourth-order valence-electron chi connectivity index (χ4n) is 0.752. The van der Waals surface area contributed by atoms with Crippen LogP contribution in [0, 0.1) is 6.92 Å². The Hall–Kier alpha value is -1.52. The van der Waals surface area contributed by atoms with E-state index in [0.717, 1.165) is 9.24 Å². The van der Waals surface area contributed by atoms with E-state index in [9.17, 15) is 9.59 Å². The van der Waals surface area contributed by atoms with Crippen LogP contribution >= 0.6 is 0 Å². The Morgan fingerprint density at radius 3 is 2.55 bits per heavy atom. The quantitative estimate of drug-likeness (QED) is 0.467. The van der Waals surface area contributed by atoms with Crippen molar-refractivity contribution in [1.29, 1.82) is 0 Å². The summed E-state index contributed by atoms with van der Waals surface area (Å²) in [5.41, 5.74) is -0.387. The van der Waals surface area contributed by atoms with Crippen LogP contribution in [0.1, 0.15) is 5.69 Å². The summed E-state index contributed by atoms with van der Waals surface area (Å²) in [7, 11) is 1.38. The Bertz CT molecular complexity index is 388. The lowest BCUT2D eigenvalue weighted by Gasteiger charge is -2.03. The van der Waals surface area contributed by atoms with Gasteiger partial charge in [0.05, 0.1) is 0 Å². The van der Waals surface area contributed by atoms with Crippen molar-refractivity contribution >= 4 is 0 Å². The van der Waals surface area contributed by atoms with Crippen molar-refractivity contribution in [2.75, 3.05) is 5.84 Å². The maximum atomic E-state index is 11.0. The van der Waals surface area contributed by atoms with E-state index in [1.165, 1.54) is 13.1 Å². The second kappa shape index (κ2) is 2.26. The van der Waals surface area contributed by atoms with E-state index in [4.69, 9.17) is 5.84 Å². The molecule has 0 aromatic carbocycles. The highest BCUT2D eigenvalue weighted by Gasteiger charge is 2.00. The normalized spacial score (nSPS) is 10.0. The summed E-state index contributed by atoms with van der Waals surface area (Å²) in [5, 5.41) is 0. The monoisotopic (exact) mass is 155 g/mol. The van der Waals surface area contributed by atoms with Gasteiger partial charge in [0.25, 0.3) is 5.56 Å². The van der Waals surface area contributed by atoms with E-state index in [-0.39, 0.29) is 5.56 Å². The molecule has 0 saturated carbocycles. The molecule has 0 radical (unpaired) electrons. The van der Waals surface area contributed by atoms with E-state index in [2.05, 4.69) is 0 Å². The molecule has 0 saturated heterocycles. The van der Waals surface area contributed by atoms with E-state index in [1.54, 1.807) is 6.92 Å². The predicted octanol–water partition coefficient (Wildman–Crippen LogP) is -1.43. The summed E-state index contributed by atoms with van der Waals surface area (Å²) < 4.78 is 1.88. The van der Waals surface area contributed by atoms with Gasteiger partial charge < -0.3 is 5.84 Å². The molecule has 0 bridgehead atoms. The lowest BCUT2D eigenvalue weighted by molar-refractivity contribution is 0.694. The summed E-state index contributed by atoms with van der Waals surface area (Å²) in [6, 6.07) is 1.31. The third-order valence-corrected chi connectivity index (χ3v) is 1.54. The molecule has 1 aromatic rings. The lowest BCUT2D eigenvalue weighted by atomic mass is 10.4. The van der Waals surface area contributed by atoms with Crippen LogP contribution < -0.4 is 17.1 Å². The minimum absolute atomic E-state index is 0.339. The summed E-state index contributed by atoms with van der Waals surface area (Å²) in [6.07, 6.45) is 0. The maximum absolute atomic E-state index is 11.0. The van der Waals surface area contributed by atoms with E-state index in [1.807, 2.05) is 0 Å². The number of aryl methyl sites for hydroxylation is 1. The van der Waals surface area contributed by atoms with Crippen LogP contribution in [0.3, 0.4) is 0 Å². The molecule has 5 nitrogen and oxygen atoms in total. The van der Waals surface area contributed by atoms with E-state index < -0.39 is 5.69 Å². The van der Waals surface area contributed by atoms with Gasteiger partial charge in [-0.25, -0.2) is 9.47 Å². The van der Waals surface area contributed by atoms with Crippen molar-refractivity contribution in [3.05, 3.63) is 32.6 Å². The first-order chi connectivity index (χ1) is 5.04. The molecule has 1 heterocycles. The molecule has 1 rings (SSSR count). The van der Waals surface area contributed by atoms with Gasteiger partial charge in [0.15, 0.2) is 0 Å². The van der Waals surface area contributed by atoms with E-state index >= 15 is 0 Å². The average molecular weight is 155 g/mol. The Morgan fingerprint density at radius 2 is 2.00 bits per heavy atom. The molecule has 0 atom stereocenters. The van der Waals surface area contributed by atoms with Crippen LogP contribution in [-0.2, 0) is 7.05 Å². The van der Waals surface area contributed by atoms with Crippen LogP contribution in [0.25, 0.3) is 0 Å². The number of rotatable bonds is 0. The Labute approximate surface area is 62.7 Å². The molecule has 60 valence electrons. The molecular weight excluding hydrogens is 146 g/mol. The number of nitrogens with two attached hydrogens (primary N) is 1. The number of aromatic nitrogens is 2. The van der Waals surface area contributed by atoms with Crippen LogP contribution in [-0.4, -0.2) is 9.24 Å². The first-order valence-corrected chi connectivity index (χ1v) is 3.09. The molecule has 0 aliphatic heterocycles. The third kappa shape index (κ3) is 1.04. The van der Waals surface area contributed by atoms with Crippen molar-refractivity contribution < 1.29 is 0 Å². The van der Waals surface area contributed by atoms with Crippen molar-refractivity contribution in [3.8, 4) is 0 Å². The highest BCUT2D eigenvalue weighted by atomic mass is 16.2. The highest BCUT2D eigenvalue weighted by molar-refractivity contribution is 4.99. The Morgan fingerprint density at radius 1 is 1.45 bits per heavy atom. The SMILES string of the molecule is Cc1cc(=O)n(C)c(=O)n1N. The molecule has 0 unspecified atom stereocenters. The number of hydrogen-bond acceptors (Lipinski definition) is 3. The Kier molecular flexibility index (Phi) is 1.56. The zero-order valence-corrected chi connectivity index (χ0v) is 6.37. The largest absolute Gasteiger partial charge is 0.349 e. The first kappa shape index (κ1) is 7.59. The van der Waals surface area contributed by atoms with Crippen LogP contribution in [0.15, 0.2) is 15.7 Å². The van der Waals surface area contributed by atoms with Gasteiger partial charge in [0, 0.05) is 18.8 Å². The Balaban J connectivity index is 3.74. The van der Waals surface area contributed by atoms with Gasteiger partial charge in [-0.1, -0.05) is 0 Å². The molecule has 0 amide bonds. The van der Waals surface area contributed by atoms with Gasteiger partial charge in [-0.3, -0.25) is 9.36 Å². The van der Waals surface area contributed by atoms with Gasteiger partial charge >= 0.3 is 5.69 Å². The summed E-state index contributed by atoms with van der Waals surface area (Å²) in [4.78, 5) is 21.9. The van der Waals surface area contributed by atoms with Gasteiger partial charge in [-0.2, -0.15) is 0 Å². The molecule has 1 aromatic heterocycles. The third-order valence-electron chi connectivity index (χ3n) is 1.54. The highest BCUT2D eigenvalue weighted by Crippen LogP contribution is 1.80. The lowest BCUT2D eigenvalue weighted by Crippen LogP contribution is -2.42. The molecule has 5 heteroatoms. The standard InChI is InChI=1S/C6H9N3O2/c1-4-3-5(10)8(2)6(11)9(4)7/h3H,7H2,1-2H3. The van der Waals surface area contributed by atoms with E-state index in [0.29, 0.717) is 5.69 Å². The van der Waals surface area contributed by atoms with Crippen LogP contribution in [0.4, 0.5) is 0 Å². The minimum Gasteiger partial charge on any atom is -0.335 e. The van der Waals surface area contributed by atoms with Gasteiger partial charge in [0.2, 0.25) is 0 Å². The van der Waals surface area contributed by atoms with Gasteiger partial charge in [-0.05, 0) is 6.92 Å². The second-order valence-corrected chi connectivity index (χ2v) is 2.34. The smallest absolute Gasteiger partial charge is 0.335 e. The topological polar surface area (TPSA) is 70.0 Å². The van der Waals surface area contributed by atoms with Crippen molar-refractivity contribution in [2.24, 2.45) is 7.05 Å². The zero-order valence-electron chi connectivity index (χ0n) is 6.37. The van der Waals surface area contributed by atoms with Crippen LogP contribution in [0.5, 0.6) is 0 Å². The molecule has 0 aliphatic carbocycles. The maximum Gasteiger partial charge on any atom is 0.349 e. The fourth-order valence-corrected chi connectivity index (χ4v) is 0.752. The van der Waals surface area contributed by atoms with Crippen molar-refractivity contribution in [1.82, 2.24) is 9.24 Å². The zero-order chi connectivity index (χ0) is 8.59. The predicted molar refractivity (Wildman–Crippen MR) is 40.8 cm³/mol. The first-order valence-electron chi connectivity index (χ1n) is 3.09. The summed E-state index contributed by atoms with van der Waals surface area (Å²) in [6.45, 7) is 1.60. The molecule has 11 heavy (non-hydrogen) atoms. The molecule has 2 N–H and O–H groups in total. The fraction of sp³-hybridized carbons (Fsp3) is 0.333. The number of nitrogen functional groups attached to an aromatic ring is 1. The van der Waals surface area contributed by atoms with Gasteiger partial charge in [-0.15, -0.1) is 0 Å².